The van der Waals surface area contributed by atoms with Gasteiger partial charge in [-0.1, -0.05) is 39.0 Å². The zero-order valence-electron chi connectivity index (χ0n) is 10.1. The summed E-state index contributed by atoms with van der Waals surface area (Å²) >= 11 is 0. The first-order chi connectivity index (χ1) is 7.15. The van der Waals surface area contributed by atoms with Crippen LogP contribution in [0.2, 0.25) is 0 Å². The molecule has 0 spiro atoms. The number of aliphatic hydroxyl groups excluding tert-OH is 1. The molecule has 90 valence electrons. The SMILES string of the molecule is C[C@H](O)C(F)(F)c1cccc(C(C)(C)C)c1. The number of aliphatic hydroxyl groups is 1. The van der Waals surface area contributed by atoms with Crippen molar-refractivity contribution in [1.29, 1.82) is 0 Å². The molecule has 0 radical (unpaired) electrons. The molecule has 16 heavy (non-hydrogen) atoms. The lowest BCUT2D eigenvalue weighted by Gasteiger charge is -2.24. The Morgan fingerprint density at radius 1 is 1.12 bits per heavy atom. The molecule has 0 bridgehead atoms. The molecule has 1 aromatic rings. The molecule has 1 N–H and O–H groups in total. The van der Waals surface area contributed by atoms with Gasteiger partial charge in [-0.3, -0.25) is 0 Å². The molecule has 0 heterocycles. The number of rotatable bonds is 2. The number of hydrogen-bond donors (Lipinski definition) is 1. The summed E-state index contributed by atoms with van der Waals surface area (Å²) in [6.07, 6.45) is -1.68. The smallest absolute Gasteiger partial charge is 0.298 e. The van der Waals surface area contributed by atoms with E-state index in [9.17, 15) is 8.78 Å². The average Bonchev–Trinajstić information content (AvgIpc) is 2.16. The minimum absolute atomic E-state index is 0.130. The van der Waals surface area contributed by atoms with Gasteiger partial charge in [0.25, 0.3) is 5.92 Å². The minimum Gasteiger partial charge on any atom is -0.387 e. The van der Waals surface area contributed by atoms with Crippen molar-refractivity contribution in [3.05, 3.63) is 35.4 Å². The van der Waals surface area contributed by atoms with E-state index in [0.29, 0.717) is 0 Å². The highest BCUT2D eigenvalue weighted by Gasteiger charge is 2.37. The fraction of sp³-hybridized carbons (Fsp3) is 0.538. The zero-order chi connectivity index (χ0) is 12.6. The molecule has 1 aromatic carbocycles. The molecular weight excluding hydrogens is 210 g/mol. The van der Waals surface area contributed by atoms with Crippen LogP contribution in [0.4, 0.5) is 8.78 Å². The van der Waals surface area contributed by atoms with Crippen molar-refractivity contribution in [3.8, 4) is 0 Å². The Hall–Kier alpha value is -0.960. The number of benzene rings is 1. The van der Waals surface area contributed by atoms with E-state index in [1.165, 1.54) is 12.1 Å². The van der Waals surface area contributed by atoms with E-state index in [0.717, 1.165) is 12.5 Å². The van der Waals surface area contributed by atoms with Gasteiger partial charge >= 0.3 is 0 Å². The molecule has 0 aliphatic carbocycles. The molecule has 3 heteroatoms. The van der Waals surface area contributed by atoms with Gasteiger partial charge in [-0.05, 0) is 24.0 Å². The second-order valence-electron chi connectivity index (χ2n) is 5.13. The summed E-state index contributed by atoms with van der Waals surface area (Å²) in [7, 11) is 0. The normalized spacial score (nSPS) is 14.9. The molecule has 1 rings (SSSR count). The maximum atomic E-state index is 13.6. The Bertz CT molecular complexity index is 364. The molecule has 1 nitrogen and oxygen atoms in total. The topological polar surface area (TPSA) is 20.2 Å². The van der Waals surface area contributed by atoms with Crippen molar-refractivity contribution in [3.63, 3.8) is 0 Å². The van der Waals surface area contributed by atoms with Gasteiger partial charge in [0.05, 0.1) is 0 Å². The summed E-state index contributed by atoms with van der Waals surface area (Å²) in [6.45, 7) is 7.00. The van der Waals surface area contributed by atoms with Crippen LogP contribution in [-0.2, 0) is 11.3 Å². The summed E-state index contributed by atoms with van der Waals surface area (Å²) in [6, 6.07) is 6.24. The lowest BCUT2D eigenvalue weighted by molar-refractivity contribution is -0.106. The van der Waals surface area contributed by atoms with E-state index in [2.05, 4.69) is 0 Å². The highest BCUT2D eigenvalue weighted by molar-refractivity contribution is 5.31. The number of hydrogen-bond acceptors (Lipinski definition) is 1. The molecule has 0 saturated carbocycles. The van der Waals surface area contributed by atoms with E-state index in [4.69, 9.17) is 5.11 Å². The van der Waals surface area contributed by atoms with Gasteiger partial charge in [-0.15, -0.1) is 0 Å². The van der Waals surface area contributed by atoms with Crippen molar-refractivity contribution in [2.24, 2.45) is 0 Å². The molecule has 0 amide bonds. The summed E-state index contributed by atoms with van der Waals surface area (Å²) in [4.78, 5) is 0. The Labute approximate surface area is 95.1 Å². The van der Waals surface area contributed by atoms with Crippen molar-refractivity contribution >= 4 is 0 Å². The maximum absolute atomic E-state index is 13.6. The fourth-order valence-corrected chi connectivity index (χ4v) is 1.43. The summed E-state index contributed by atoms with van der Waals surface area (Å²) in [5.74, 6) is -3.19. The second-order valence-corrected chi connectivity index (χ2v) is 5.13. The van der Waals surface area contributed by atoms with Gasteiger partial charge in [-0.2, -0.15) is 8.78 Å². The third-order valence-electron chi connectivity index (χ3n) is 2.64. The summed E-state index contributed by atoms with van der Waals surface area (Å²) in [5, 5.41) is 9.08. The minimum atomic E-state index is -3.19. The van der Waals surface area contributed by atoms with Crippen molar-refractivity contribution in [2.45, 2.75) is 45.1 Å². The standard InChI is InChI=1S/C13H18F2O/c1-9(16)13(14,15)11-7-5-6-10(8-11)12(2,3)4/h5-9,16H,1-4H3/t9-/m0/s1. The third-order valence-corrected chi connectivity index (χ3v) is 2.64. The van der Waals surface area contributed by atoms with Crippen LogP contribution in [0, 0.1) is 0 Å². The van der Waals surface area contributed by atoms with Crippen LogP contribution in [-0.4, -0.2) is 11.2 Å². The molecular formula is C13H18F2O. The van der Waals surface area contributed by atoms with Crippen LogP contribution in [0.3, 0.4) is 0 Å². The first kappa shape index (κ1) is 13.1. The van der Waals surface area contributed by atoms with E-state index < -0.39 is 12.0 Å². The van der Waals surface area contributed by atoms with Gasteiger partial charge in [0, 0.05) is 5.56 Å². The van der Waals surface area contributed by atoms with E-state index in [1.54, 1.807) is 6.07 Å². The molecule has 0 unspecified atom stereocenters. The van der Waals surface area contributed by atoms with Crippen LogP contribution >= 0.6 is 0 Å². The Kier molecular flexibility index (Phi) is 3.38. The summed E-state index contributed by atoms with van der Waals surface area (Å²) in [5.41, 5.74) is 0.533. The molecule has 1 atom stereocenters. The number of alkyl halides is 2. The van der Waals surface area contributed by atoms with E-state index in [1.807, 2.05) is 26.8 Å². The molecule has 0 aromatic heterocycles. The van der Waals surface area contributed by atoms with Crippen LogP contribution in [0.15, 0.2) is 24.3 Å². The monoisotopic (exact) mass is 228 g/mol. The van der Waals surface area contributed by atoms with E-state index >= 15 is 0 Å². The highest BCUT2D eigenvalue weighted by Crippen LogP contribution is 2.34. The molecule has 0 saturated heterocycles. The van der Waals surface area contributed by atoms with Gasteiger partial charge < -0.3 is 5.11 Å². The van der Waals surface area contributed by atoms with Crippen molar-refractivity contribution in [2.75, 3.05) is 0 Å². The second kappa shape index (κ2) is 4.13. The predicted octanol–water partition coefficient (Wildman–Crippen LogP) is 3.46. The predicted molar refractivity (Wildman–Crippen MR) is 60.7 cm³/mol. The average molecular weight is 228 g/mol. The first-order valence-corrected chi connectivity index (χ1v) is 5.32. The Balaban J connectivity index is 3.18. The first-order valence-electron chi connectivity index (χ1n) is 5.32. The van der Waals surface area contributed by atoms with Gasteiger partial charge in [0.15, 0.2) is 0 Å². The van der Waals surface area contributed by atoms with Gasteiger partial charge in [0.1, 0.15) is 6.10 Å². The highest BCUT2D eigenvalue weighted by atomic mass is 19.3. The molecule has 0 fully saturated rings. The van der Waals surface area contributed by atoms with Crippen LogP contribution in [0.5, 0.6) is 0 Å². The maximum Gasteiger partial charge on any atom is 0.298 e. The largest absolute Gasteiger partial charge is 0.387 e. The molecule has 0 aliphatic heterocycles. The lowest BCUT2D eigenvalue weighted by atomic mass is 9.85. The lowest BCUT2D eigenvalue weighted by Crippen LogP contribution is -2.28. The summed E-state index contributed by atoms with van der Waals surface area (Å²) < 4.78 is 27.2. The van der Waals surface area contributed by atoms with Gasteiger partial charge in [0.2, 0.25) is 0 Å². The number of halogens is 2. The van der Waals surface area contributed by atoms with E-state index in [-0.39, 0.29) is 11.0 Å². The van der Waals surface area contributed by atoms with Crippen LogP contribution < -0.4 is 0 Å². The van der Waals surface area contributed by atoms with Crippen LogP contribution in [0.1, 0.15) is 38.8 Å². The van der Waals surface area contributed by atoms with Crippen molar-refractivity contribution in [1.82, 2.24) is 0 Å². The van der Waals surface area contributed by atoms with Gasteiger partial charge in [-0.25, -0.2) is 0 Å². The zero-order valence-corrected chi connectivity index (χ0v) is 10.1. The Morgan fingerprint density at radius 3 is 2.06 bits per heavy atom. The molecule has 0 aliphatic rings. The fourth-order valence-electron chi connectivity index (χ4n) is 1.43. The Morgan fingerprint density at radius 2 is 1.62 bits per heavy atom. The quantitative estimate of drug-likeness (QED) is 0.822. The third kappa shape index (κ3) is 2.59. The van der Waals surface area contributed by atoms with Crippen molar-refractivity contribution < 1.29 is 13.9 Å². The van der Waals surface area contributed by atoms with Crippen LogP contribution in [0.25, 0.3) is 0 Å².